The molecule has 0 radical (unpaired) electrons. The number of furan rings is 1. The second-order valence-corrected chi connectivity index (χ2v) is 8.36. The number of fused-ring (bicyclic) bond motifs is 1. The maximum Gasteiger partial charge on any atom is 0.332 e. The van der Waals surface area contributed by atoms with Crippen molar-refractivity contribution in [3.63, 3.8) is 0 Å². The van der Waals surface area contributed by atoms with Crippen molar-refractivity contribution >= 4 is 22.8 Å². The Morgan fingerprint density at radius 1 is 1.03 bits per heavy atom. The Labute approximate surface area is 190 Å². The Morgan fingerprint density at radius 3 is 2.33 bits per heavy atom. The van der Waals surface area contributed by atoms with E-state index in [9.17, 15) is 19.2 Å². The molecule has 10 heteroatoms. The number of aromatic nitrogens is 3. The summed E-state index contributed by atoms with van der Waals surface area (Å²) < 4.78 is 7.62. The zero-order valence-electron chi connectivity index (χ0n) is 19.3. The fraction of sp³-hybridized carbons (Fsp3) is 0.435. The first-order valence-corrected chi connectivity index (χ1v) is 10.9. The molecular formula is C23H27N5O5. The molecule has 1 aliphatic heterocycles. The van der Waals surface area contributed by atoms with E-state index >= 15 is 0 Å². The zero-order valence-corrected chi connectivity index (χ0v) is 19.3. The third-order valence-corrected chi connectivity index (χ3v) is 6.41. The summed E-state index contributed by atoms with van der Waals surface area (Å²) in [6, 6.07) is 3.31. The fourth-order valence-electron chi connectivity index (χ4n) is 4.41. The minimum Gasteiger partial charge on any atom is -0.459 e. The van der Waals surface area contributed by atoms with Crippen LogP contribution in [0.3, 0.4) is 0 Å². The second kappa shape index (κ2) is 8.68. The van der Waals surface area contributed by atoms with Crippen molar-refractivity contribution in [1.82, 2.24) is 23.9 Å². The molecule has 0 N–H and O–H groups in total. The van der Waals surface area contributed by atoms with E-state index in [2.05, 4.69) is 4.98 Å². The van der Waals surface area contributed by atoms with Gasteiger partial charge in [-0.15, -0.1) is 0 Å². The summed E-state index contributed by atoms with van der Waals surface area (Å²) in [6.07, 6.45) is 2.18. The normalized spacial score (nSPS) is 14.2. The highest BCUT2D eigenvalue weighted by Gasteiger charge is 2.26. The summed E-state index contributed by atoms with van der Waals surface area (Å²) >= 11 is 0. The highest BCUT2D eigenvalue weighted by atomic mass is 16.3. The average molecular weight is 453 g/mol. The van der Waals surface area contributed by atoms with E-state index < -0.39 is 5.69 Å². The molecule has 3 aromatic heterocycles. The topological polar surface area (TPSA) is 111 Å². The Hall–Kier alpha value is -3.69. The third kappa shape index (κ3) is 3.96. The lowest BCUT2D eigenvalue weighted by Crippen LogP contribution is -2.50. The molecule has 0 atom stereocenters. The Kier molecular flexibility index (Phi) is 5.92. The van der Waals surface area contributed by atoms with Gasteiger partial charge in [-0.05, 0) is 43.5 Å². The van der Waals surface area contributed by atoms with Gasteiger partial charge in [-0.1, -0.05) is 0 Å². The monoisotopic (exact) mass is 453 g/mol. The summed E-state index contributed by atoms with van der Waals surface area (Å²) in [5.74, 6) is 0.122. The number of nitrogens with zero attached hydrogens (tertiary/aromatic N) is 5. The molecule has 0 spiro atoms. The number of pyridine rings is 1. The van der Waals surface area contributed by atoms with Gasteiger partial charge in [0.25, 0.3) is 11.5 Å². The molecule has 3 aromatic rings. The molecule has 0 saturated carbocycles. The standard InChI is InChI=1S/C23H27N5O5/c1-14-16(15(2)24-20-19(14)22(31)26(4)23(32)25(20)3)7-8-18(29)27-9-11-28(12-10-27)21(30)17-6-5-13-33-17/h5-6,13H,7-12H2,1-4H3. The van der Waals surface area contributed by atoms with Crippen molar-refractivity contribution in [2.75, 3.05) is 26.2 Å². The maximum absolute atomic E-state index is 12.9. The first-order chi connectivity index (χ1) is 15.7. The summed E-state index contributed by atoms with van der Waals surface area (Å²) in [5, 5.41) is 0.401. The fourth-order valence-corrected chi connectivity index (χ4v) is 4.41. The van der Waals surface area contributed by atoms with Crippen LogP contribution in [0.2, 0.25) is 0 Å². The van der Waals surface area contributed by atoms with Crippen LogP contribution in [-0.4, -0.2) is 61.9 Å². The molecule has 1 saturated heterocycles. The molecule has 0 bridgehead atoms. The molecule has 0 aliphatic carbocycles. The van der Waals surface area contributed by atoms with Gasteiger partial charge in [0.1, 0.15) is 5.65 Å². The van der Waals surface area contributed by atoms with Crippen molar-refractivity contribution in [1.29, 1.82) is 0 Å². The summed E-state index contributed by atoms with van der Waals surface area (Å²) in [5.41, 5.74) is 1.83. The van der Waals surface area contributed by atoms with Crippen molar-refractivity contribution in [3.05, 3.63) is 61.8 Å². The highest BCUT2D eigenvalue weighted by molar-refractivity contribution is 5.91. The maximum atomic E-state index is 12.9. The third-order valence-electron chi connectivity index (χ3n) is 6.41. The number of hydrogen-bond donors (Lipinski definition) is 0. The molecule has 33 heavy (non-hydrogen) atoms. The number of amides is 2. The second-order valence-electron chi connectivity index (χ2n) is 8.36. The number of carbonyl (C=O) groups is 2. The van der Waals surface area contributed by atoms with Gasteiger partial charge in [0.15, 0.2) is 5.76 Å². The van der Waals surface area contributed by atoms with Crippen LogP contribution in [0, 0.1) is 13.8 Å². The van der Waals surface area contributed by atoms with Gasteiger partial charge < -0.3 is 14.2 Å². The predicted octanol–water partition coefficient (Wildman–Crippen LogP) is 0.759. The van der Waals surface area contributed by atoms with E-state index in [0.29, 0.717) is 55.1 Å². The van der Waals surface area contributed by atoms with E-state index in [-0.39, 0.29) is 23.8 Å². The number of piperazine rings is 1. The van der Waals surface area contributed by atoms with Crippen molar-refractivity contribution in [2.24, 2.45) is 14.1 Å². The predicted molar refractivity (Wildman–Crippen MR) is 121 cm³/mol. The molecule has 2 amide bonds. The minimum atomic E-state index is -0.425. The first kappa shape index (κ1) is 22.5. The lowest BCUT2D eigenvalue weighted by molar-refractivity contribution is -0.132. The quantitative estimate of drug-likeness (QED) is 0.577. The Balaban J connectivity index is 1.47. The number of aryl methyl sites for hydroxylation is 3. The first-order valence-electron chi connectivity index (χ1n) is 10.9. The molecule has 0 aromatic carbocycles. The van der Waals surface area contributed by atoms with E-state index in [1.54, 1.807) is 29.0 Å². The molecule has 0 unspecified atom stereocenters. The van der Waals surface area contributed by atoms with Gasteiger partial charge >= 0.3 is 5.69 Å². The summed E-state index contributed by atoms with van der Waals surface area (Å²) in [6.45, 7) is 5.48. The van der Waals surface area contributed by atoms with Crippen LogP contribution in [0.1, 0.15) is 33.8 Å². The number of hydrogen-bond acceptors (Lipinski definition) is 6. The van der Waals surface area contributed by atoms with Gasteiger partial charge in [-0.25, -0.2) is 9.78 Å². The van der Waals surface area contributed by atoms with E-state index in [1.807, 2.05) is 13.8 Å². The van der Waals surface area contributed by atoms with Crippen molar-refractivity contribution < 1.29 is 14.0 Å². The SMILES string of the molecule is Cc1nc2c(c(C)c1CCC(=O)N1CCN(C(=O)c3ccco3)CC1)c(=O)n(C)c(=O)n2C. The van der Waals surface area contributed by atoms with Crippen molar-refractivity contribution in [2.45, 2.75) is 26.7 Å². The van der Waals surface area contributed by atoms with E-state index in [4.69, 9.17) is 4.42 Å². The minimum absolute atomic E-state index is 0.00708. The summed E-state index contributed by atoms with van der Waals surface area (Å²) in [4.78, 5) is 58.2. The Bertz CT molecular complexity index is 1340. The van der Waals surface area contributed by atoms with Gasteiger partial charge in [0.05, 0.1) is 11.6 Å². The molecular weight excluding hydrogens is 426 g/mol. The Morgan fingerprint density at radius 2 is 1.70 bits per heavy atom. The molecule has 4 rings (SSSR count). The van der Waals surface area contributed by atoms with Crippen LogP contribution in [0.15, 0.2) is 32.4 Å². The van der Waals surface area contributed by atoms with Crippen LogP contribution in [0.5, 0.6) is 0 Å². The van der Waals surface area contributed by atoms with Crippen LogP contribution in [-0.2, 0) is 25.3 Å². The van der Waals surface area contributed by atoms with Gasteiger partial charge in [0.2, 0.25) is 5.91 Å². The van der Waals surface area contributed by atoms with Crippen LogP contribution < -0.4 is 11.2 Å². The molecule has 1 fully saturated rings. The number of carbonyl (C=O) groups excluding carboxylic acids is 2. The van der Waals surface area contributed by atoms with Crippen molar-refractivity contribution in [3.8, 4) is 0 Å². The van der Waals surface area contributed by atoms with E-state index in [0.717, 1.165) is 15.7 Å². The molecule has 4 heterocycles. The lowest BCUT2D eigenvalue weighted by atomic mass is 9.99. The van der Waals surface area contributed by atoms with Gasteiger partial charge in [0, 0.05) is 52.4 Å². The van der Waals surface area contributed by atoms with Gasteiger partial charge in [-0.3, -0.25) is 23.5 Å². The van der Waals surface area contributed by atoms with E-state index in [1.165, 1.54) is 17.9 Å². The van der Waals surface area contributed by atoms with Crippen LogP contribution in [0.4, 0.5) is 0 Å². The highest BCUT2D eigenvalue weighted by Crippen LogP contribution is 2.21. The molecule has 174 valence electrons. The smallest absolute Gasteiger partial charge is 0.332 e. The molecule has 10 nitrogen and oxygen atoms in total. The average Bonchev–Trinajstić information content (AvgIpc) is 3.35. The molecule has 1 aliphatic rings. The number of rotatable bonds is 4. The van der Waals surface area contributed by atoms with Crippen LogP contribution in [0.25, 0.3) is 11.0 Å². The summed E-state index contributed by atoms with van der Waals surface area (Å²) in [7, 11) is 3.04. The largest absolute Gasteiger partial charge is 0.459 e. The van der Waals surface area contributed by atoms with Gasteiger partial charge in [-0.2, -0.15) is 0 Å². The van der Waals surface area contributed by atoms with Crippen LogP contribution >= 0.6 is 0 Å². The zero-order chi connectivity index (χ0) is 23.9. The lowest BCUT2D eigenvalue weighted by Gasteiger charge is -2.34.